The third kappa shape index (κ3) is 3.45. The Balaban J connectivity index is 1.83. The molecule has 0 bridgehead atoms. The van der Waals surface area contributed by atoms with Crippen molar-refractivity contribution in [2.24, 2.45) is 4.99 Å². The molecule has 0 radical (unpaired) electrons. The zero-order chi connectivity index (χ0) is 22.2. The highest BCUT2D eigenvalue weighted by molar-refractivity contribution is 9.10. The van der Waals surface area contributed by atoms with E-state index in [0.29, 0.717) is 11.4 Å². The molecule has 0 saturated carbocycles. The van der Waals surface area contributed by atoms with Crippen LogP contribution in [0.3, 0.4) is 0 Å². The standard InChI is InChI=1S/C25H16BrN3O2S/c26-17-10-12-19(13-11-17)29-24(31)21(14-16-15-27-22-9-5-4-8-20(16)22)23(30)28(25(29)32)18-6-2-1-3-7-18/h1-15,31H. The number of para-hydroxylation sites is 2. The molecule has 5 nitrogen and oxygen atoms in total. The van der Waals surface area contributed by atoms with Gasteiger partial charge >= 0.3 is 0 Å². The Morgan fingerprint density at radius 1 is 0.875 bits per heavy atom. The Hall–Kier alpha value is -3.55. The molecule has 0 atom stereocenters. The van der Waals surface area contributed by atoms with Crippen LogP contribution >= 0.6 is 28.1 Å². The normalized spacial score (nSPS) is 13.5. The van der Waals surface area contributed by atoms with Crippen molar-refractivity contribution in [1.82, 2.24) is 9.13 Å². The van der Waals surface area contributed by atoms with Gasteiger partial charge in [-0.15, -0.1) is 0 Å². The minimum absolute atomic E-state index is 0.128. The first-order valence-corrected chi connectivity index (χ1v) is 11.0. The van der Waals surface area contributed by atoms with E-state index < -0.39 is 5.56 Å². The van der Waals surface area contributed by atoms with E-state index in [4.69, 9.17) is 12.2 Å². The lowest BCUT2D eigenvalue weighted by Crippen LogP contribution is -2.25. The highest BCUT2D eigenvalue weighted by Crippen LogP contribution is 2.33. The van der Waals surface area contributed by atoms with Crippen LogP contribution in [0.25, 0.3) is 23.0 Å². The van der Waals surface area contributed by atoms with Crippen molar-refractivity contribution in [3.63, 3.8) is 0 Å². The Labute approximate surface area is 197 Å². The first-order chi connectivity index (χ1) is 15.5. The van der Waals surface area contributed by atoms with Crippen molar-refractivity contribution in [3.05, 3.63) is 110 Å². The number of aromatic hydroxyl groups is 1. The van der Waals surface area contributed by atoms with Crippen LogP contribution in [0.1, 0.15) is 11.1 Å². The minimum atomic E-state index is -0.405. The number of rotatable bonds is 3. The molecule has 0 spiro atoms. The molecule has 4 aromatic rings. The second-order valence-corrected chi connectivity index (χ2v) is 8.46. The van der Waals surface area contributed by atoms with Crippen LogP contribution < -0.4 is 5.56 Å². The summed E-state index contributed by atoms with van der Waals surface area (Å²) in [5, 5.41) is 11.2. The highest BCUT2D eigenvalue weighted by atomic mass is 79.9. The molecule has 0 aliphatic carbocycles. The van der Waals surface area contributed by atoms with E-state index in [1.165, 1.54) is 9.13 Å². The Bertz CT molecular complexity index is 1520. The van der Waals surface area contributed by atoms with Crippen molar-refractivity contribution in [1.29, 1.82) is 0 Å². The Morgan fingerprint density at radius 3 is 2.28 bits per heavy atom. The quantitative estimate of drug-likeness (QED) is 0.346. The summed E-state index contributed by atoms with van der Waals surface area (Å²) < 4.78 is 4.00. The summed E-state index contributed by atoms with van der Waals surface area (Å²) in [4.78, 5) is 18.0. The largest absolute Gasteiger partial charge is 0.494 e. The van der Waals surface area contributed by atoms with Gasteiger partial charge in [-0.25, -0.2) is 0 Å². The first-order valence-electron chi connectivity index (χ1n) is 9.82. The number of fused-ring (bicyclic) bond motifs is 1. The molecule has 0 fully saturated rings. The molecule has 3 aromatic carbocycles. The zero-order valence-electron chi connectivity index (χ0n) is 16.6. The monoisotopic (exact) mass is 501 g/mol. The highest BCUT2D eigenvalue weighted by Gasteiger charge is 2.20. The van der Waals surface area contributed by atoms with E-state index >= 15 is 0 Å². The molecule has 1 aliphatic rings. The molecular formula is C25H16BrN3O2S. The fraction of sp³-hybridized carbons (Fsp3) is 0. The maximum absolute atomic E-state index is 13.6. The molecule has 1 aromatic heterocycles. The van der Waals surface area contributed by atoms with Gasteiger partial charge in [-0.3, -0.25) is 18.9 Å². The maximum atomic E-state index is 13.6. The molecule has 7 heteroatoms. The molecule has 1 aliphatic heterocycles. The van der Waals surface area contributed by atoms with Crippen molar-refractivity contribution < 1.29 is 5.11 Å². The summed E-state index contributed by atoms with van der Waals surface area (Å²) in [6.07, 6.45) is 3.36. The SMILES string of the molecule is O=c1c(C=C2C=Nc3ccccc32)c(O)n(-c2ccc(Br)cc2)c(=S)n1-c1ccccc1. The van der Waals surface area contributed by atoms with Crippen LogP contribution in [0.2, 0.25) is 0 Å². The van der Waals surface area contributed by atoms with Gasteiger partial charge in [-0.1, -0.05) is 52.3 Å². The fourth-order valence-corrected chi connectivity index (χ4v) is 4.32. The van der Waals surface area contributed by atoms with Crippen LogP contribution in [0.5, 0.6) is 5.88 Å². The second kappa shape index (κ2) is 8.18. The van der Waals surface area contributed by atoms with Crippen LogP contribution in [0.4, 0.5) is 5.69 Å². The van der Waals surface area contributed by atoms with Gasteiger partial charge in [-0.2, -0.15) is 0 Å². The summed E-state index contributed by atoms with van der Waals surface area (Å²) in [6, 6.07) is 24.2. The van der Waals surface area contributed by atoms with Crippen molar-refractivity contribution in [2.45, 2.75) is 0 Å². The number of allylic oxidation sites excluding steroid dienone is 1. The van der Waals surface area contributed by atoms with Crippen LogP contribution in [-0.4, -0.2) is 20.5 Å². The lowest BCUT2D eigenvalue weighted by atomic mass is 10.1. The molecule has 0 amide bonds. The number of hydrogen-bond acceptors (Lipinski definition) is 4. The van der Waals surface area contributed by atoms with Gasteiger partial charge in [0.1, 0.15) is 5.56 Å². The number of nitrogens with zero attached hydrogens (tertiary/aromatic N) is 3. The number of aromatic nitrogens is 2. The lowest BCUT2D eigenvalue weighted by molar-refractivity contribution is 0.429. The van der Waals surface area contributed by atoms with Gasteiger partial charge in [0.15, 0.2) is 4.77 Å². The summed E-state index contributed by atoms with van der Waals surface area (Å²) in [5.41, 5.74) is 3.44. The molecule has 0 unspecified atom stereocenters. The van der Waals surface area contributed by atoms with Crippen LogP contribution in [0, 0.1) is 4.77 Å². The van der Waals surface area contributed by atoms with Gasteiger partial charge in [-0.05, 0) is 60.8 Å². The van der Waals surface area contributed by atoms with E-state index in [9.17, 15) is 9.90 Å². The first kappa shape index (κ1) is 20.4. The second-order valence-electron chi connectivity index (χ2n) is 7.18. The smallest absolute Gasteiger partial charge is 0.270 e. The van der Waals surface area contributed by atoms with Crippen molar-refractivity contribution in [3.8, 4) is 17.3 Å². The van der Waals surface area contributed by atoms with Crippen molar-refractivity contribution in [2.75, 3.05) is 0 Å². The average molecular weight is 502 g/mol. The Morgan fingerprint density at radius 2 is 1.53 bits per heavy atom. The average Bonchev–Trinajstić information content (AvgIpc) is 3.22. The lowest BCUT2D eigenvalue weighted by Gasteiger charge is -2.17. The summed E-state index contributed by atoms with van der Waals surface area (Å²) in [6.45, 7) is 0. The number of aliphatic imine (C=N–C) groups is 1. The van der Waals surface area contributed by atoms with E-state index in [1.807, 2.05) is 78.9 Å². The van der Waals surface area contributed by atoms with Gasteiger partial charge in [0.05, 0.1) is 17.1 Å². The maximum Gasteiger partial charge on any atom is 0.270 e. The predicted molar refractivity (Wildman–Crippen MR) is 134 cm³/mol. The number of hydrogen-bond donors (Lipinski definition) is 1. The van der Waals surface area contributed by atoms with Gasteiger partial charge < -0.3 is 5.11 Å². The van der Waals surface area contributed by atoms with E-state index in [-0.39, 0.29) is 16.2 Å². The fourth-order valence-electron chi connectivity index (χ4n) is 3.68. The van der Waals surface area contributed by atoms with Crippen molar-refractivity contribution >= 4 is 51.7 Å². The van der Waals surface area contributed by atoms with E-state index in [2.05, 4.69) is 20.9 Å². The predicted octanol–water partition coefficient (Wildman–Crippen LogP) is 6.08. The summed E-state index contributed by atoms with van der Waals surface area (Å²) in [7, 11) is 0. The molecule has 0 saturated heterocycles. The zero-order valence-corrected chi connectivity index (χ0v) is 19.0. The molecule has 2 heterocycles. The third-order valence-corrected chi connectivity index (χ3v) is 6.12. The Kier molecular flexibility index (Phi) is 5.20. The molecular weight excluding hydrogens is 486 g/mol. The molecule has 156 valence electrons. The number of benzene rings is 3. The molecule has 5 rings (SSSR count). The van der Waals surface area contributed by atoms with E-state index in [0.717, 1.165) is 21.3 Å². The third-order valence-electron chi connectivity index (χ3n) is 5.23. The van der Waals surface area contributed by atoms with E-state index in [1.54, 1.807) is 12.3 Å². The topological polar surface area (TPSA) is 59.5 Å². The van der Waals surface area contributed by atoms with Crippen LogP contribution in [-0.2, 0) is 0 Å². The van der Waals surface area contributed by atoms with Gasteiger partial charge in [0.2, 0.25) is 5.88 Å². The molecule has 1 N–H and O–H groups in total. The van der Waals surface area contributed by atoms with Gasteiger partial charge in [0, 0.05) is 21.8 Å². The molecule has 32 heavy (non-hydrogen) atoms. The number of halogens is 1. The van der Waals surface area contributed by atoms with Crippen LogP contribution in [0.15, 0.2) is 93.1 Å². The van der Waals surface area contributed by atoms with Gasteiger partial charge in [0.25, 0.3) is 5.56 Å². The summed E-state index contributed by atoms with van der Waals surface area (Å²) in [5.74, 6) is -0.222. The summed E-state index contributed by atoms with van der Waals surface area (Å²) >= 11 is 9.11. The minimum Gasteiger partial charge on any atom is -0.494 e.